The highest BCUT2D eigenvalue weighted by Crippen LogP contribution is 2.28. The van der Waals surface area contributed by atoms with Crippen molar-refractivity contribution in [2.75, 3.05) is 25.2 Å². The number of amides is 1. The summed E-state index contributed by atoms with van der Waals surface area (Å²) in [4.78, 5) is 32.1. The fraction of sp³-hybridized carbons (Fsp3) is 0.391. The largest absolute Gasteiger partial charge is 0.497 e. The third-order valence-corrected chi connectivity index (χ3v) is 6.01. The van der Waals surface area contributed by atoms with Crippen LogP contribution in [0.4, 0.5) is 5.13 Å². The molecule has 170 valence electrons. The van der Waals surface area contributed by atoms with Crippen LogP contribution in [-0.4, -0.2) is 46.9 Å². The van der Waals surface area contributed by atoms with Gasteiger partial charge in [0.2, 0.25) is 0 Å². The number of hydrogen-bond donors (Lipinski definition) is 0. The van der Waals surface area contributed by atoms with Gasteiger partial charge in [-0.1, -0.05) is 31.1 Å². The maximum absolute atomic E-state index is 13.4. The number of anilines is 1. The maximum Gasteiger partial charge on any atom is 0.350 e. The van der Waals surface area contributed by atoms with E-state index in [4.69, 9.17) is 9.47 Å². The first-order valence-corrected chi connectivity index (χ1v) is 11.5. The van der Waals surface area contributed by atoms with E-state index in [1.165, 1.54) is 11.3 Å². The maximum atomic E-state index is 13.4. The number of esters is 1. The van der Waals surface area contributed by atoms with Crippen molar-refractivity contribution in [1.29, 1.82) is 0 Å². The van der Waals surface area contributed by atoms with Gasteiger partial charge < -0.3 is 9.47 Å². The Morgan fingerprint density at radius 3 is 2.53 bits per heavy atom. The Hall–Kier alpha value is -3.20. The van der Waals surface area contributed by atoms with Crippen LogP contribution in [-0.2, 0) is 4.74 Å². The summed E-state index contributed by atoms with van der Waals surface area (Å²) in [6, 6.07) is 9.10. The summed E-state index contributed by atoms with van der Waals surface area (Å²) in [5.74, 6) is 0.0758. The molecule has 2 heterocycles. The summed E-state index contributed by atoms with van der Waals surface area (Å²) >= 11 is 1.17. The number of benzene rings is 1. The van der Waals surface area contributed by atoms with Crippen LogP contribution in [0.2, 0.25) is 0 Å². The molecule has 0 saturated carbocycles. The first-order chi connectivity index (χ1) is 15.5. The van der Waals surface area contributed by atoms with E-state index in [2.05, 4.69) is 17.0 Å². The monoisotopic (exact) mass is 456 g/mol. The van der Waals surface area contributed by atoms with Gasteiger partial charge in [-0.15, -0.1) is 0 Å². The lowest BCUT2D eigenvalue weighted by molar-refractivity contribution is 0.0531. The second-order valence-electron chi connectivity index (χ2n) is 7.14. The van der Waals surface area contributed by atoms with Crippen LogP contribution in [0.5, 0.6) is 5.75 Å². The molecule has 0 bridgehead atoms. The topological polar surface area (TPSA) is 86.5 Å². The number of hydrogen-bond acceptors (Lipinski definition) is 7. The molecule has 3 rings (SSSR count). The lowest BCUT2D eigenvalue weighted by Crippen LogP contribution is -2.32. The summed E-state index contributed by atoms with van der Waals surface area (Å²) in [6.45, 7) is 6.40. The summed E-state index contributed by atoms with van der Waals surface area (Å²) in [5, 5.41) is 4.95. The van der Waals surface area contributed by atoms with E-state index in [0.717, 1.165) is 30.7 Å². The summed E-state index contributed by atoms with van der Waals surface area (Å²) in [7, 11) is 1.61. The van der Waals surface area contributed by atoms with Gasteiger partial charge in [-0.2, -0.15) is 5.10 Å². The molecule has 0 N–H and O–H groups in total. The fourth-order valence-corrected chi connectivity index (χ4v) is 4.13. The van der Waals surface area contributed by atoms with Gasteiger partial charge in [0.15, 0.2) is 10.8 Å². The van der Waals surface area contributed by atoms with Gasteiger partial charge in [0.05, 0.1) is 25.1 Å². The van der Waals surface area contributed by atoms with E-state index < -0.39 is 5.97 Å². The van der Waals surface area contributed by atoms with Crippen molar-refractivity contribution in [2.24, 2.45) is 0 Å². The summed E-state index contributed by atoms with van der Waals surface area (Å²) < 4.78 is 12.0. The smallest absolute Gasteiger partial charge is 0.350 e. The highest BCUT2D eigenvalue weighted by molar-refractivity contribution is 7.17. The van der Waals surface area contributed by atoms with Crippen LogP contribution in [0, 0.1) is 6.92 Å². The van der Waals surface area contributed by atoms with E-state index >= 15 is 0 Å². The van der Waals surface area contributed by atoms with Crippen molar-refractivity contribution in [2.45, 2.75) is 40.0 Å². The van der Waals surface area contributed by atoms with Crippen molar-refractivity contribution in [1.82, 2.24) is 14.8 Å². The number of ether oxygens (including phenoxy) is 2. The first kappa shape index (κ1) is 23.5. The molecule has 1 amide bonds. The highest BCUT2D eigenvalue weighted by atomic mass is 32.1. The van der Waals surface area contributed by atoms with E-state index in [1.54, 1.807) is 42.8 Å². The number of aryl methyl sites for hydroxylation is 1. The molecular weight excluding hydrogens is 428 g/mol. The predicted octanol–water partition coefficient (Wildman–Crippen LogP) is 4.66. The Morgan fingerprint density at radius 2 is 1.88 bits per heavy atom. The molecule has 0 aliphatic rings. The molecule has 0 spiro atoms. The number of carbonyl (C=O) groups is 2. The molecule has 2 aromatic heterocycles. The SMILES string of the molecule is CCCCCN(C(=O)c1ccn(-c2ccc(OC)cc2)n1)c1nc(C)c(C(=O)OCC)s1. The van der Waals surface area contributed by atoms with Gasteiger partial charge in [-0.05, 0) is 50.6 Å². The minimum atomic E-state index is -0.418. The first-order valence-electron chi connectivity index (χ1n) is 10.6. The van der Waals surface area contributed by atoms with Gasteiger partial charge in [0.1, 0.15) is 10.6 Å². The Morgan fingerprint density at radius 1 is 1.12 bits per heavy atom. The van der Waals surface area contributed by atoms with Gasteiger partial charge in [0, 0.05) is 12.7 Å². The number of nitrogens with zero attached hydrogens (tertiary/aromatic N) is 4. The Kier molecular flexibility index (Phi) is 7.99. The average Bonchev–Trinajstić information content (AvgIpc) is 3.44. The minimum Gasteiger partial charge on any atom is -0.497 e. The summed E-state index contributed by atoms with van der Waals surface area (Å²) in [5.41, 5.74) is 1.68. The second kappa shape index (κ2) is 10.9. The van der Waals surface area contributed by atoms with Gasteiger partial charge >= 0.3 is 5.97 Å². The predicted molar refractivity (Wildman–Crippen MR) is 124 cm³/mol. The van der Waals surface area contributed by atoms with Gasteiger partial charge in [0.25, 0.3) is 5.91 Å². The number of methoxy groups -OCH3 is 1. The van der Waals surface area contributed by atoms with E-state index in [0.29, 0.717) is 27.9 Å². The van der Waals surface area contributed by atoms with Crippen molar-refractivity contribution >= 4 is 28.3 Å². The van der Waals surface area contributed by atoms with Crippen molar-refractivity contribution < 1.29 is 19.1 Å². The quantitative estimate of drug-likeness (QED) is 0.326. The molecule has 0 atom stereocenters. The number of thiazole rings is 1. The third kappa shape index (κ3) is 5.34. The Bertz CT molecular complexity index is 1060. The molecule has 0 aliphatic heterocycles. The number of aromatic nitrogens is 3. The van der Waals surface area contributed by atoms with Crippen molar-refractivity contribution in [3.8, 4) is 11.4 Å². The zero-order valence-electron chi connectivity index (χ0n) is 18.8. The molecule has 0 fully saturated rings. The van der Waals surface area contributed by atoms with Crippen LogP contribution in [0.3, 0.4) is 0 Å². The molecule has 0 radical (unpaired) electrons. The molecule has 0 aliphatic carbocycles. The Labute approximate surface area is 191 Å². The van der Waals surface area contributed by atoms with Crippen molar-refractivity contribution in [3.63, 3.8) is 0 Å². The highest BCUT2D eigenvalue weighted by Gasteiger charge is 2.26. The van der Waals surface area contributed by atoms with Crippen LogP contribution in [0.25, 0.3) is 5.69 Å². The molecule has 8 nitrogen and oxygen atoms in total. The second-order valence-corrected chi connectivity index (χ2v) is 8.12. The zero-order chi connectivity index (χ0) is 23.1. The van der Waals surface area contributed by atoms with E-state index in [9.17, 15) is 9.59 Å². The molecule has 9 heteroatoms. The number of rotatable bonds is 10. The molecule has 3 aromatic rings. The van der Waals surface area contributed by atoms with Gasteiger partial charge in [-0.25, -0.2) is 14.5 Å². The van der Waals surface area contributed by atoms with E-state index in [1.807, 2.05) is 24.3 Å². The van der Waals surface area contributed by atoms with Crippen molar-refractivity contribution in [3.05, 3.63) is 52.8 Å². The molecule has 32 heavy (non-hydrogen) atoms. The zero-order valence-corrected chi connectivity index (χ0v) is 19.6. The van der Waals surface area contributed by atoms with Crippen LogP contribution < -0.4 is 9.64 Å². The average molecular weight is 457 g/mol. The number of carbonyl (C=O) groups excluding carboxylic acids is 2. The molecule has 0 saturated heterocycles. The molecular formula is C23H28N4O4S. The fourth-order valence-electron chi connectivity index (χ4n) is 3.14. The normalized spacial score (nSPS) is 10.8. The number of unbranched alkanes of at least 4 members (excludes halogenated alkanes) is 2. The molecule has 0 unspecified atom stereocenters. The van der Waals surface area contributed by atoms with Crippen LogP contribution in [0.15, 0.2) is 36.5 Å². The van der Waals surface area contributed by atoms with Crippen LogP contribution >= 0.6 is 11.3 Å². The lowest BCUT2D eigenvalue weighted by Gasteiger charge is -2.18. The third-order valence-electron chi connectivity index (χ3n) is 4.85. The minimum absolute atomic E-state index is 0.252. The van der Waals surface area contributed by atoms with Gasteiger partial charge in [-0.3, -0.25) is 9.69 Å². The Balaban J connectivity index is 1.87. The lowest BCUT2D eigenvalue weighted by atomic mass is 10.2. The van der Waals surface area contributed by atoms with E-state index in [-0.39, 0.29) is 12.5 Å². The van der Waals surface area contributed by atoms with Crippen LogP contribution in [0.1, 0.15) is 59.0 Å². The summed E-state index contributed by atoms with van der Waals surface area (Å²) in [6.07, 6.45) is 4.59. The molecule has 1 aromatic carbocycles. The standard InChI is InChI=1S/C23H28N4O4S/c1-5-7-8-14-26(23-24-16(3)20(32-23)22(29)31-6-2)21(28)19-13-15-27(25-19)17-9-11-18(30-4)12-10-17/h9-13,15H,5-8,14H2,1-4H3.